The molecular weight excluding hydrogens is 224 g/mol. The molecule has 3 rings (SSSR count). The highest BCUT2D eigenvalue weighted by Gasteiger charge is 2.10. The molecule has 0 radical (unpaired) electrons. The Balaban J connectivity index is 2.62. The average Bonchev–Trinajstić information content (AvgIpc) is 2.60. The first-order valence-corrected chi connectivity index (χ1v) is 5.56. The third kappa shape index (κ3) is 1.22. The zero-order valence-corrected chi connectivity index (χ0v) is 9.30. The van der Waals surface area contributed by atoms with Crippen LogP contribution in [0.15, 0.2) is 27.4 Å². The van der Waals surface area contributed by atoms with Crippen molar-refractivity contribution in [2.45, 2.75) is 6.92 Å². The van der Waals surface area contributed by atoms with Crippen molar-refractivity contribution in [1.82, 2.24) is 4.98 Å². The number of hydrogen-bond donors (Lipinski definition) is 1. The average molecular weight is 232 g/mol. The predicted molar refractivity (Wildman–Crippen MR) is 64.8 cm³/mol. The lowest BCUT2D eigenvalue weighted by molar-refractivity contribution is 0.561. The lowest BCUT2D eigenvalue weighted by Crippen LogP contribution is -1.94. The van der Waals surface area contributed by atoms with E-state index in [9.17, 15) is 4.79 Å². The van der Waals surface area contributed by atoms with Crippen LogP contribution in [0.4, 0.5) is 5.13 Å². The van der Waals surface area contributed by atoms with E-state index in [1.54, 1.807) is 6.07 Å². The van der Waals surface area contributed by atoms with Gasteiger partial charge < -0.3 is 10.2 Å². The Morgan fingerprint density at radius 2 is 2.25 bits per heavy atom. The van der Waals surface area contributed by atoms with Gasteiger partial charge in [-0.1, -0.05) is 11.3 Å². The summed E-state index contributed by atoms with van der Waals surface area (Å²) in [5, 5.41) is 1.41. The van der Waals surface area contributed by atoms with Crippen LogP contribution >= 0.6 is 11.3 Å². The van der Waals surface area contributed by atoms with Gasteiger partial charge in [0.15, 0.2) is 5.13 Å². The van der Waals surface area contributed by atoms with Crippen LogP contribution in [0.2, 0.25) is 0 Å². The first kappa shape index (κ1) is 9.35. The Bertz CT molecular complexity index is 758. The fourth-order valence-corrected chi connectivity index (χ4v) is 2.71. The first-order chi connectivity index (χ1) is 7.65. The van der Waals surface area contributed by atoms with Gasteiger partial charge in [0, 0.05) is 11.5 Å². The Morgan fingerprint density at radius 1 is 1.44 bits per heavy atom. The molecule has 5 heteroatoms. The fraction of sp³-hybridized carbons (Fsp3) is 0.0909. The molecule has 0 fully saturated rings. The molecule has 80 valence electrons. The van der Waals surface area contributed by atoms with E-state index >= 15 is 0 Å². The van der Waals surface area contributed by atoms with Gasteiger partial charge in [0.2, 0.25) is 0 Å². The van der Waals surface area contributed by atoms with Gasteiger partial charge in [-0.15, -0.1) is 0 Å². The van der Waals surface area contributed by atoms with Crippen molar-refractivity contribution in [3.05, 3.63) is 34.2 Å². The molecule has 0 saturated heterocycles. The van der Waals surface area contributed by atoms with E-state index in [1.807, 2.05) is 13.0 Å². The van der Waals surface area contributed by atoms with Crippen molar-refractivity contribution in [3.63, 3.8) is 0 Å². The highest BCUT2D eigenvalue weighted by atomic mass is 32.1. The van der Waals surface area contributed by atoms with Crippen molar-refractivity contribution in [1.29, 1.82) is 0 Å². The quantitative estimate of drug-likeness (QED) is 0.604. The number of rotatable bonds is 0. The van der Waals surface area contributed by atoms with E-state index in [1.165, 1.54) is 17.4 Å². The fourth-order valence-electron chi connectivity index (χ4n) is 1.78. The van der Waals surface area contributed by atoms with E-state index in [2.05, 4.69) is 4.98 Å². The monoisotopic (exact) mass is 232 g/mol. The number of nitrogens with two attached hydrogens (primary N) is 1. The Kier molecular flexibility index (Phi) is 1.79. The van der Waals surface area contributed by atoms with Gasteiger partial charge in [-0.3, -0.25) is 0 Å². The summed E-state index contributed by atoms with van der Waals surface area (Å²) < 4.78 is 6.11. The highest BCUT2D eigenvalue weighted by molar-refractivity contribution is 7.23. The molecule has 1 aromatic carbocycles. The lowest BCUT2D eigenvalue weighted by Gasteiger charge is -1.99. The van der Waals surface area contributed by atoms with Crippen LogP contribution in [0.25, 0.3) is 21.2 Å². The molecule has 2 heterocycles. The summed E-state index contributed by atoms with van der Waals surface area (Å²) in [4.78, 5) is 15.4. The minimum atomic E-state index is -0.344. The normalized spacial score (nSPS) is 11.3. The van der Waals surface area contributed by atoms with Crippen molar-refractivity contribution in [2.75, 3.05) is 5.73 Å². The molecule has 2 N–H and O–H groups in total. The van der Waals surface area contributed by atoms with Gasteiger partial charge in [0.1, 0.15) is 5.58 Å². The number of anilines is 1. The molecule has 0 aliphatic heterocycles. The largest absolute Gasteiger partial charge is 0.423 e. The van der Waals surface area contributed by atoms with E-state index in [0.717, 1.165) is 21.2 Å². The minimum absolute atomic E-state index is 0.344. The van der Waals surface area contributed by atoms with Gasteiger partial charge in [0.25, 0.3) is 0 Å². The molecule has 16 heavy (non-hydrogen) atoms. The number of nitrogens with zero attached hydrogens (tertiary/aromatic N) is 1. The zero-order chi connectivity index (χ0) is 11.3. The van der Waals surface area contributed by atoms with Crippen LogP contribution in [-0.4, -0.2) is 4.98 Å². The zero-order valence-electron chi connectivity index (χ0n) is 8.48. The number of nitrogen functional groups attached to an aromatic ring is 1. The molecular formula is C11H8N2O2S. The molecule has 0 unspecified atom stereocenters. The standard InChI is InChI=1S/C11H8N2O2S/c1-5-4-7-6(2-3-8(14)15-7)10-9(5)13-11(12)16-10/h2-4H,1H3,(H2,12,13). The molecule has 3 aromatic rings. The molecule has 0 spiro atoms. The number of hydrogen-bond acceptors (Lipinski definition) is 5. The Labute approximate surface area is 94.3 Å². The maximum absolute atomic E-state index is 11.1. The molecule has 0 aliphatic carbocycles. The molecule has 0 atom stereocenters. The first-order valence-electron chi connectivity index (χ1n) is 4.74. The summed E-state index contributed by atoms with van der Waals surface area (Å²) in [5.74, 6) is 0. The third-order valence-corrected chi connectivity index (χ3v) is 3.39. The predicted octanol–water partition coefficient (Wildman–Crippen LogP) is 2.29. The lowest BCUT2D eigenvalue weighted by atomic mass is 10.1. The number of aryl methyl sites for hydroxylation is 1. The van der Waals surface area contributed by atoms with Gasteiger partial charge in [-0.25, -0.2) is 9.78 Å². The molecule has 0 saturated carbocycles. The summed E-state index contributed by atoms with van der Waals surface area (Å²) in [6.45, 7) is 1.92. The number of aromatic nitrogens is 1. The van der Waals surface area contributed by atoms with Gasteiger partial charge >= 0.3 is 5.63 Å². The van der Waals surface area contributed by atoms with E-state index in [4.69, 9.17) is 10.2 Å². The number of fused-ring (bicyclic) bond motifs is 3. The van der Waals surface area contributed by atoms with Crippen LogP contribution in [0.5, 0.6) is 0 Å². The maximum Gasteiger partial charge on any atom is 0.336 e. The van der Waals surface area contributed by atoms with Crippen LogP contribution in [0.1, 0.15) is 5.56 Å². The summed E-state index contributed by atoms with van der Waals surface area (Å²) in [6.07, 6.45) is 0. The SMILES string of the molecule is Cc1cc2oc(=O)ccc2c2sc(N)nc12. The Hall–Kier alpha value is -1.88. The second-order valence-electron chi connectivity index (χ2n) is 3.59. The van der Waals surface area contributed by atoms with Crippen molar-refractivity contribution < 1.29 is 4.42 Å². The van der Waals surface area contributed by atoms with Gasteiger partial charge in [0.05, 0.1) is 10.2 Å². The van der Waals surface area contributed by atoms with E-state index in [-0.39, 0.29) is 5.63 Å². The van der Waals surface area contributed by atoms with E-state index < -0.39 is 0 Å². The summed E-state index contributed by atoms with van der Waals surface area (Å²) >= 11 is 1.41. The van der Waals surface area contributed by atoms with Crippen molar-refractivity contribution >= 4 is 37.7 Å². The van der Waals surface area contributed by atoms with Crippen LogP contribution in [0, 0.1) is 6.92 Å². The highest BCUT2D eigenvalue weighted by Crippen LogP contribution is 2.32. The van der Waals surface area contributed by atoms with Crippen LogP contribution in [-0.2, 0) is 0 Å². The van der Waals surface area contributed by atoms with Gasteiger partial charge in [-0.2, -0.15) is 0 Å². The Morgan fingerprint density at radius 3 is 3.06 bits per heavy atom. The molecule has 0 aliphatic rings. The second-order valence-corrected chi connectivity index (χ2v) is 4.62. The van der Waals surface area contributed by atoms with Crippen molar-refractivity contribution in [2.24, 2.45) is 0 Å². The number of thiazole rings is 1. The van der Waals surface area contributed by atoms with Gasteiger partial charge in [-0.05, 0) is 24.6 Å². The third-order valence-electron chi connectivity index (χ3n) is 2.47. The minimum Gasteiger partial charge on any atom is -0.423 e. The van der Waals surface area contributed by atoms with Crippen LogP contribution < -0.4 is 11.4 Å². The van der Waals surface area contributed by atoms with Crippen LogP contribution in [0.3, 0.4) is 0 Å². The van der Waals surface area contributed by atoms with Crippen molar-refractivity contribution in [3.8, 4) is 0 Å². The summed E-state index contributed by atoms with van der Waals surface area (Å²) in [7, 11) is 0. The summed E-state index contributed by atoms with van der Waals surface area (Å²) in [5.41, 5.74) is 7.78. The molecule has 0 amide bonds. The second kappa shape index (κ2) is 3.05. The summed E-state index contributed by atoms with van der Waals surface area (Å²) in [6, 6.07) is 4.98. The smallest absolute Gasteiger partial charge is 0.336 e. The number of benzene rings is 1. The molecule has 2 aromatic heterocycles. The molecule has 0 bridgehead atoms. The topological polar surface area (TPSA) is 69.1 Å². The maximum atomic E-state index is 11.1. The van der Waals surface area contributed by atoms with E-state index in [0.29, 0.717) is 10.7 Å². The molecule has 4 nitrogen and oxygen atoms in total.